The van der Waals surface area contributed by atoms with E-state index in [0.29, 0.717) is 11.5 Å². The second-order valence-electron chi connectivity index (χ2n) is 6.90. The Morgan fingerprint density at radius 3 is 1.89 bits per heavy atom. The molecule has 2 heterocycles. The van der Waals surface area contributed by atoms with Gasteiger partial charge in [0.1, 0.15) is 11.4 Å². The van der Waals surface area contributed by atoms with Gasteiger partial charge in [-0.05, 0) is 36.4 Å². The number of hydroxylamine groups is 2. The molecule has 7 heteroatoms. The maximum Gasteiger partial charge on any atom is 0.223 e. The summed E-state index contributed by atoms with van der Waals surface area (Å²) >= 11 is 0. The number of ether oxygens (including phenoxy) is 1. The summed E-state index contributed by atoms with van der Waals surface area (Å²) in [5.41, 5.74) is 5.88. The number of hydrogen-bond acceptors (Lipinski definition) is 6. The summed E-state index contributed by atoms with van der Waals surface area (Å²) in [4.78, 5) is 4.75. The van der Waals surface area contributed by atoms with Crippen LogP contribution in [0.4, 0.5) is 17.1 Å². The Balaban J connectivity index is 1.40. The molecule has 142 valence electrons. The Bertz CT molecular complexity index is 813. The van der Waals surface area contributed by atoms with Crippen molar-refractivity contribution in [2.45, 2.75) is 6.92 Å². The first-order valence-electron chi connectivity index (χ1n) is 9.21. The minimum absolute atomic E-state index is 0.256. The Labute approximate surface area is 159 Å². The van der Waals surface area contributed by atoms with Crippen LogP contribution in [-0.4, -0.2) is 45.8 Å². The van der Waals surface area contributed by atoms with E-state index in [4.69, 9.17) is 4.74 Å². The Hall–Kier alpha value is -2.77. The molecule has 0 amide bonds. The minimum Gasteiger partial charge on any atom is -0.620 e. The van der Waals surface area contributed by atoms with E-state index in [0.717, 1.165) is 37.6 Å². The standard InChI is InChI=1S/C20H25N5O2/c1-16-22-21-15-25(16,26)19-7-3-17(4-8-19)23-11-13-24(14-12-23)18-5-9-20(27-2)10-6-18/h3-10,21H,11-15H2,1-2H3. The number of piperazine rings is 1. The lowest BCUT2D eigenvalue weighted by atomic mass is 10.2. The van der Waals surface area contributed by atoms with Gasteiger partial charge in [-0.15, -0.1) is 5.10 Å². The van der Waals surface area contributed by atoms with Crippen LogP contribution in [0.1, 0.15) is 6.92 Å². The smallest absolute Gasteiger partial charge is 0.223 e. The maximum atomic E-state index is 12.9. The lowest BCUT2D eigenvalue weighted by molar-refractivity contribution is 0.415. The fourth-order valence-corrected chi connectivity index (χ4v) is 3.64. The number of nitrogens with zero attached hydrogens (tertiary/aromatic N) is 4. The molecule has 0 aliphatic carbocycles. The highest BCUT2D eigenvalue weighted by Gasteiger charge is 2.29. The summed E-state index contributed by atoms with van der Waals surface area (Å²) in [5, 5.41) is 16.9. The zero-order valence-electron chi connectivity index (χ0n) is 15.8. The van der Waals surface area contributed by atoms with Crippen molar-refractivity contribution >= 4 is 22.9 Å². The molecule has 1 saturated heterocycles. The normalized spacial score (nSPS) is 22.4. The summed E-state index contributed by atoms with van der Waals surface area (Å²) in [5.74, 6) is 1.42. The van der Waals surface area contributed by atoms with Crippen molar-refractivity contribution in [3.63, 3.8) is 0 Å². The zero-order chi connectivity index (χ0) is 18.9. The number of rotatable bonds is 4. The molecule has 0 spiro atoms. The van der Waals surface area contributed by atoms with Crippen molar-refractivity contribution in [1.29, 1.82) is 0 Å². The van der Waals surface area contributed by atoms with Crippen molar-refractivity contribution in [3.05, 3.63) is 53.7 Å². The van der Waals surface area contributed by atoms with Crippen LogP contribution in [-0.2, 0) is 0 Å². The molecule has 0 bridgehead atoms. The first-order chi connectivity index (χ1) is 13.1. The van der Waals surface area contributed by atoms with Crippen LogP contribution < -0.4 is 24.6 Å². The van der Waals surface area contributed by atoms with E-state index >= 15 is 0 Å². The Morgan fingerprint density at radius 1 is 0.926 bits per heavy atom. The molecule has 2 aliphatic heterocycles. The van der Waals surface area contributed by atoms with E-state index in [1.165, 1.54) is 5.69 Å². The molecule has 0 saturated carbocycles. The highest BCUT2D eigenvalue weighted by Crippen LogP contribution is 2.28. The third-order valence-corrected chi connectivity index (χ3v) is 5.41. The molecule has 0 aromatic heterocycles. The first-order valence-corrected chi connectivity index (χ1v) is 9.21. The van der Waals surface area contributed by atoms with Crippen molar-refractivity contribution in [1.82, 2.24) is 10.1 Å². The summed E-state index contributed by atoms with van der Waals surface area (Å²) < 4.78 is 4.71. The molecule has 7 nitrogen and oxygen atoms in total. The van der Waals surface area contributed by atoms with Crippen LogP contribution in [0.2, 0.25) is 0 Å². The van der Waals surface area contributed by atoms with Gasteiger partial charge >= 0.3 is 0 Å². The second-order valence-corrected chi connectivity index (χ2v) is 6.90. The van der Waals surface area contributed by atoms with Gasteiger partial charge in [0, 0.05) is 56.6 Å². The fraction of sp³-hybridized carbons (Fsp3) is 0.350. The average Bonchev–Trinajstić information content (AvgIpc) is 3.08. The van der Waals surface area contributed by atoms with Crippen LogP contribution in [0, 0.1) is 5.21 Å². The van der Waals surface area contributed by atoms with E-state index in [9.17, 15) is 5.21 Å². The minimum atomic E-state index is -0.522. The highest BCUT2D eigenvalue weighted by molar-refractivity contribution is 5.93. The van der Waals surface area contributed by atoms with E-state index in [1.807, 2.05) is 36.4 Å². The van der Waals surface area contributed by atoms with Gasteiger partial charge < -0.3 is 19.7 Å². The van der Waals surface area contributed by atoms with Crippen LogP contribution in [0.25, 0.3) is 0 Å². The van der Waals surface area contributed by atoms with Gasteiger partial charge in [0.05, 0.1) is 7.11 Å². The van der Waals surface area contributed by atoms with Crippen molar-refractivity contribution < 1.29 is 4.74 Å². The first kappa shape index (κ1) is 17.6. The number of anilines is 2. The summed E-state index contributed by atoms with van der Waals surface area (Å²) in [6.07, 6.45) is 0. The lowest BCUT2D eigenvalue weighted by Crippen LogP contribution is -2.47. The van der Waals surface area contributed by atoms with Gasteiger partial charge in [0.25, 0.3) is 0 Å². The highest BCUT2D eigenvalue weighted by atomic mass is 16.6. The molecule has 2 aromatic rings. The SMILES string of the molecule is COc1ccc(N2CCN(c3ccc([N+]4([O-])CNN=C4C)cc3)CC2)cc1. The summed E-state index contributed by atoms with van der Waals surface area (Å²) in [6, 6.07) is 16.1. The topological polar surface area (TPSA) is 63.2 Å². The van der Waals surface area contributed by atoms with Gasteiger partial charge in [-0.2, -0.15) is 0 Å². The second kappa shape index (κ2) is 7.09. The third kappa shape index (κ3) is 3.31. The molecule has 27 heavy (non-hydrogen) atoms. The number of methoxy groups -OCH3 is 1. The van der Waals surface area contributed by atoms with E-state index in [-0.39, 0.29) is 6.67 Å². The van der Waals surface area contributed by atoms with Crippen molar-refractivity contribution in [2.24, 2.45) is 5.10 Å². The molecule has 2 aromatic carbocycles. The Kier molecular flexibility index (Phi) is 4.63. The van der Waals surface area contributed by atoms with Gasteiger partial charge in [0.15, 0.2) is 6.67 Å². The number of hydrazone groups is 1. The van der Waals surface area contributed by atoms with Crippen molar-refractivity contribution in [2.75, 3.05) is 49.8 Å². The molecule has 1 fully saturated rings. The predicted octanol–water partition coefficient (Wildman–Crippen LogP) is 2.72. The molecule has 1 atom stereocenters. The lowest BCUT2D eigenvalue weighted by Gasteiger charge is -2.38. The predicted molar refractivity (Wildman–Crippen MR) is 110 cm³/mol. The number of amidine groups is 1. The molecule has 1 N–H and O–H groups in total. The molecular formula is C20H25N5O2. The molecular weight excluding hydrogens is 342 g/mol. The van der Waals surface area contributed by atoms with Crippen LogP contribution in [0.15, 0.2) is 53.6 Å². The van der Waals surface area contributed by atoms with Gasteiger partial charge in [0.2, 0.25) is 5.84 Å². The van der Waals surface area contributed by atoms with Crippen LogP contribution in [0.3, 0.4) is 0 Å². The molecule has 2 aliphatic rings. The van der Waals surface area contributed by atoms with Gasteiger partial charge in [-0.3, -0.25) is 10.1 Å². The number of hydrogen-bond donors (Lipinski definition) is 1. The molecule has 4 rings (SSSR count). The largest absolute Gasteiger partial charge is 0.620 e. The molecule has 1 unspecified atom stereocenters. The third-order valence-electron chi connectivity index (χ3n) is 5.41. The van der Waals surface area contributed by atoms with E-state index in [1.54, 1.807) is 14.0 Å². The van der Waals surface area contributed by atoms with Crippen LogP contribution >= 0.6 is 0 Å². The van der Waals surface area contributed by atoms with Crippen molar-refractivity contribution in [3.8, 4) is 5.75 Å². The van der Waals surface area contributed by atoms with Gasteiger partial charge in [-0.25, -0.2) is 0 Å². The fourth-order valence-electron chi connectivity index (χ4n) is 3.64. The number of benzene rings is 2. The summed E-state index contributed by atoms with van der Waals surface area (Å²) in [6.45, 7) is 5.84. The maximum absolute atomic E-state index is 12.9. The quantitative estimate of drug-likeness (QED) is 0.665. The van der Waals surface area contributed by atoms with Crippen LogP contribution in [0.5, 0.6) is 5.75 Å². The Morgan fingerprint density at radius 2 is 1.44 bits per heavy atom. The van der Waals surface area contributed by atoms with E-state index < -0.39 is 4.65 Å². The monoisotopic (exact) mass is 367 g/mol. The number of nitrogens with one attached hydrogen (secondary N) is 1. The zero-order valence-corrected chi connectivity index (χ0v) is 15.8. The average molecular weight is 367 g/mol. The van der Waals surface area contributed by atoms with Gasteiger partial charge in [-0.1, -0.05) is 0 Å². The number of quaternary nitrogens is 1. The molecule has 0 radical (unpaired) electrons. The summed E-state index contributed by atoms with van der Waals surface area (Å²) in [7, 11) is 1.68. The van der Waals surface area contributed by atoms with E-state index in [2.05, 4.69) is 32.5 Å².